The number of hydrogen-bond donors (Lipinski definition) is 1. The van der Waals surface area contributed by atoms with Crippen LogP contribution in [0.5, 0.6) is 5.75 Å². The van der Waals surface area contributed by atoms with Gasteiger partial charge in [0.05, 0.1) is 7.11 Å². The summed E-state index contributed by atoms with van der Waals surface area (Å²) in [6, 6.07) is 3.39. The van der Waals surface area contributed by atoms with E-state index in [1.54, 1.807) is 18.3 Å². The largest absolute Gasteiger partial charge is 0.493 e. The maximum atomic E-state index is 11.2. The first-order valence-electron chi connectivity index (χ1n) is 3.82. The Morgan fingerprint density at radius 1 is 1.57 bits per heavy atom. The van der Waals surface area contributed by atoms with E-state index in [0.29, 0.717) is 11.6 Å². The molecule has 0 aliphatic heterocycles. The van der Waals surface area contributed by atoms with Gasteiger partial charge in [-0.2, -0.15) is 0 Å². The van der Waals surface area contributed by atoms with Gasteiger partial charge >= 0.3 is 5.69 Å². The van der Waals surface area contributed by atoms with E-state index >= 15 is 0 Å². The van der Waals surface area contributed by atoms with Gasteiger partial charge in [-0.05, 0) is 22.6 Å². The molecule has 0 unspecified atom stereocenters. The first-order chi connectivity index (χ1) is 6.83. The van der Waals surface area contributed by atoms with Gasteiger partial charge in [-0.25, -0.2) is 14.9 Å². The SMILES string of the molecule is COc1cccnc1-n1nn[nH]c1=O. The second-order valence-electron chi connectivity index (χ2n) is 2.45. The smallest absolute Gasteiger partial charge is 0.367 e. The molecule has 2 aromatic heterocycles. The Labute approximate surface area is 78.3 Å². The maximum Gasteiger partial charge on any atom is 0.367 e. The lowest BCUT2D eigenvalue weighted by Crippen LogP contribution is -2.17. The van der Waals surface area contributed by atoms with Gasteiger partial charge in [-0.1, -0.05) is 0 Å². The fourth-order valence-electron chi connectivity index (χ4n) is 1.04. The van der Waals surface area contributed by atoms with Gasteiger partial charge in [-0.3, -0.25) is 0 Å². The van der Waals surface area contributed by atoms with Gasteiger partial charge in [0.2, 0.25) is 5.82 Å². The number of aromatic nitrogens is 5. The lowest BCUT2D eigenvalue weighted by molar-refractivity contribution is 0.408. The summed E-state index contributed by atoms with van der Waals surface area (Å²) in [6.45, 7) is 0. The first-order valence-corrected chi connectivity index (χ1v) is 3.82. The average molecular weight is 193 g/mol. The number of rotatable bonds is 2. The molecular weight excluding hydrogens is 186 g/mol. The van der Waals surface area contributed by atoms with E-state index in [-0.39, 0.29) is 0 Å². The molecule has 0 atom stereocenters. The highest BCUT2D eigenvalue weighted by atomic mass is 16.5. The van der Waals surface area contributed by atoms with Crippen LogP contribution in [0.3, 0.4) is 0 Å². The fourth-order valence-corrected chi connectivity index (χ4v) is 1.04. The van der Waals surface area contributed by atoms with E-state index in [2.05, 4.69) is 20.5 Å². The van der Waals surface area contributed by atoms with Crippen molar-refractivity contribution in [1.29, 1.82) is 0 Å². The van der Waals surface area contributed by atoms with E-state index in [0.717, 1.165) is 4.68 Å². The fraction of sp³-hybridized carbons (Fsp3) is 0.143. The minimum Gasteiger partial charge on any atom is -0.493 e. The molecule has 7 nitrogen and oxygen atoms in total. The number of pyridine rings is 1. The van der Waals surface area contributed by atoms with Gasteiger partial charge < -0.3 is 4.74 Å². The highest BCUT2D eigenvalue weighted by Crippen LogP contribution is 2.15. The van der Waals surface area contributed by atoms with E-state index in [1.165, 1.54) is 7.11 Å². The number of methoxy groups -OCH3 is 1. The first kappa shape index (κ1) is 8.42. The highest BCUT2D eigenvalue weighted by molar-refractivity contribution is 5.38. The summed E-state index contributed by atoms with van der Waals surface area (Å²) in [4.78, 5) is 15.1. The molecule has 2 heterocycles. The maximum absolute atomic E-state index is 11.2. The highest BCUT2D eigenvalue weighted by Gasteiger charge is 2.09. The topological polar surface area (TPSA) is 85.7 Å². The normalized spacial score (nSPS) is 10.1. The molecule has 0 fully saturated rings. The third-order valence-corrected chi connectivity index (χ3v) is 1.64. The van der Waals surface area contributed by atoms with Crippen LogP contribution >= 0.6 is 0 Å². The van der Waals surface area contributed by atoms with Crippen LogP contribution in [0.1, 0.15) is 0 Å². The van der Waals surface area contributed by atoms with Gasteiger partial charge in [0.15, 0.2) is 5.75 Å². The molecule has 0 aromatic carbocycles. The van der Waals surface area contributed by atoms with Crippen LogP contribution in [0.15, 0.2) is 23.1 Å². The van der Waals surface area contributed by atoms with Gasteiger partial charge in [0.1, 0.15) is 0 Å². The van der Waals surface area contributed by atoms with E-state index in [9.17, 15) is 4.79 Å². The van der Waals surface area contributed by atoms with Crippen LogP contribution in [0, 0.1) is 0 Å². The molecule has 14 heavy (non-hydrogen) atoms. The lowest BCUT2D eigenvalue weighted by Gasteiger charge is -2.03. The van der Waals surface area contributed by atoms with Gasteiger partial charge in [-0.15, -0.1) is 4.68 Å². The minimum atomic E-state index is -0.456. The second-order valence-corrected chi connectivity index (χ2v) is 2.45. The number of nitrogens with one attached hydrogen (secondary N) is 1. The predicted molar refractivity (Wildman–Crippen MR) is 46.3 cm³/mol. The van der Waals surface area contributed by atoms with Crippen molar-refractivity contribution in [3.05, 3.63) is 28.8 Å². The summed E-state index contributed by atoms with van der Waals surface area (Å²) in [5.41, 5.74) is -0.456. The Bertz CT molecular complexity index is 489. The molecule has 0 saturated carbocycles. The molecule has 2 rings (SSSR count). The molecule has 0 amide bonds. The standard InChI is InChI=1S/C7H7N5O2/c1-14-5-3-2-4-8-6(5)12-7(13)9-10-11-12/h2-4H,1H3,(H,9,11,13). The second kappa shape index (κ2) is 3.29. The number of nitrogens with zero attached hydrogens (tertiary/aromatic N) is 4. The van der Waals surface area contributed by atoms with Crippen molar-refractivity contribution in [2.45, 2.75) is 0 Å². The molecule has 7 heteroatoms. The molecule has 72 valence electrons. The lowest BCUT2D eigenvalue weighted by atomic mass is 10.4. The van der Waals surface area contributed by atoms with Crippen LogP contribution in [-0.4, -0.2) is 32.3 Å². The summed E-state index contributed by atoms with van der Waals surface area (Å²) < 4.78 is 6.05. The molecule has 0 radical (unpaired) electrons. The summed E-state index contributed by atoms with van der Waals surface area (Å²) in [5, 5.41) is 9.07. The van der Waals surface area contributed by atoms with E-state index in [1.807, 2.05) is 0 Å². The van der Waals surface area contributed by atoms with Crippen LogP contribution in [-0.2, 0) is 0 Å². The molecule has 0 aliphatic rings. The van der Waals surface area contributed by atoms with Gasteiger partial charge in [0, 0.05) is 6.20 Å². The molecule has 0 spiro atoms. The van der Waals surface area contributed by atoms with Crippen molar-refractivity contribution in [3.8, 4) is 11.6 Å². The summed E-state index contributed by atoms with van der Waals surface area (Å²) in [7, 11) is 1.49. The van der Waals surface area contributed by atoms with Crippen molar-refractivity contribution in [1.82, 2.24) is 25.2 Å². The van der Waals surface area contributed by atoms with Crippen molar-refractivity contribution >= 4 is 0 Å². The minimum absolute atomic E-state index is 0.314. The van der Waals surface area contributed by atoms with Crippen molar-refractivity contribution < 1.29 is 4.74 Å². The Morgan fingerprint density at radius 3 is 3.07 bits per heavy atom. The summed E-state index contributed by atoms with van der Waals surface area (Å²) >= 11 is 0. The molecule has 1 N–H and O–H groups in total. The number of ether oxygens (including phenoxy) is 1. The molecule has 0 aliphatic carbocycles. The third kappa shape index (κ3) is 1.24. The average Bonchev–Trinajstić information content (AvgIpc) is 2.64. The zero-order chi connectivity index (χ0) is 9.97. The van der Waals surface area contributed by atoms with Crippen molar-refractivity contribution in [3.63, 3.8) is 0 Å². The molecule has 0 saturated heterocycles. The van der Waals surface area contributed by atoms with Crippen LogP contribution in [0.4, 0.5) is 0 Å². The van der Waals surface area contributed by atoms with Crippen LogP contribution < -0.4 is 10.4 Å². The predicted octanol–water partition coefficient (Wildman–Crippen LogP) is -0.641. The summed E-state index contributed by atoms with van der Waals surface area (Å²) in [6.07, 6.45) is 1.54. The van der Waals surface area contributed by atoms with Crippen molar-refractivity contribution in [2.24, 2.45) is 0 Å². The van der Waals surface area contributed by atoms with E-state index < -0.39 is 5.69 Å². The zero-order valence-corrected chi connectivity index (χ0v) is 7.34. The number of aromatic amines is 1. The Balaban J connectivity index is 2.62. The number of tetrazole rings is 1. The molecular formula is C7H7N5O2. The third-order valence-electron chi connectivity index (χ3n) is 1.64. The van der Waals surface area contributed by atoms with Crippen LogP contribution in [0.2, 0.25) is 0 Å². The quantitative estimate of drug-likeness (QED) is 0.685. The zero-order valence-electron chi connectivity index (χ0n) is 7.34. The number of hydrogen-bond acceptors (Lipinski definition) is 5. The molecule has 0 bridgehead atoms. The van der Waals surface area contributed by atoms with Gasteiger partial charge in [0.25, 0.3) is 0 Å². The van der Waals surface area contributed by atoms with Crippen molar-refractivity contribution in [2.75, 3.05) is 7.11 Å². The summed E-state index contributed by atoms with van der Waals surface area (Å²) in [5.74, 6) is 0.775. The Hall–Kier alpha value is -2.18. The number of H-pyrrole nitrogens is 1. The monoisotopic (exact) mass is 193 g/mol. The Kier molecular flexibility index (Phi) is 1.98. The van der Waals surface area contributed by atoms with E-state index in [4.69, 9.17) is 4.74 Å². The Morgan fingerprint density at radius 2 is 2.43 bits per heavy atom. The van der Waals surface area contributed by atoms with Crippen LogP contribution in [0.25, 0.3) is 5.82 Å². The molecule has 2 aromatic rings.